The molecule has 1 unspecified atom stereocenters. The molecule has 0 aliphatic heterocycles. The van der Waals surface area contributed by atoms with Gasteiger partial charge in [0.15, 0.2) is 4.47 Å². The van der Waals surface area contributed by atoms with Gasteiger partial charge in [-0.05, 0) is 6.92 Å². The molecule has 0 fully saturated rings. The first-order chi connectivity index (χ1) is 6.37. The summed E-state index contributed by atoms with van der Waals surface area (Å²) in [5, 5.41) is 4.71. The SMILES string of the molecule is CC(CS(C)(=O)=O)Nc1csc(Cl)n1. The summed E-state index contributed by atoms with van der Waals surface area (Å²) in [5.74, 6) is 0.707. The average molecular weight is 255 g/mol. The predicted molar refractivity (Wildman–Crippen MR) is 59.9 cm³/mol. The maximum atomic E-state index is 11.0. The Balaban J connectivity index is 2.53. The number of anilines is 1. The zero-order valence-corrected chi connectivity index (χ0v) is 10.2. The average Bonchev–Trinajstić information content (AvgIpc) is 2.30. The fraction of sp³-hybridized carbons (Fsp3) is 0.571. The number of nitrogens with zero attached hydrogens (tertiary/aromatic N) is 1. The number of nitrogens with one attached hydrogen (secondary N) is 1. The second kappa shape index (κ2) is 4.46. The summed E-state index contributed by atoms with van der Waals surface area (Å²) in [6, 6.07) is -0.164. The summed E-state index contributed by atoms with van der Waals surface area (Å²) in [6.07, 6.45) is 1.21. The van der Waals surface area contributed by atoms with Crippen LogP contribution in [0.4, 0.5) is 5.82 Å². The molecule has 14 heavy (non-hydrogen) atoms. The van der Waals surface area contributed by atoms with Gasteiger partial charge in [0.25, 0.3) is 0 Å². The van der Waals surface area contributed by atoms with Crippen molar-refractivity contribution in [1.82, 2.24) is 4.98 Å². The molecule has 0 bridgehead atoms. The highest BCUT2D eigenvalue weighted by Crippen LogP contribution is 2.19. The van der Waals surface area contributed by atoms with Gasteiger partial charge in [0, 0.05) is 17.7 Å². The summed E-state index contributed by atoms with van der Waals surface area (Å²) < 4.78 is 22.4. The first-order valence-electron chi connectivity index (χ1n) is 3.92. The van der Waals surface area contributed by atoms with Gasteiger partial charge in [-0.15, -0.1) is 11.3 Å². The minimum atomic E-state index is -2.96. The van der Waals surface area contributed by atoms with Gasteiger partial charge in [0.1, 0.15) is 15.7 Å². The van der Waals surface area contributed by atoms with Crippen LogP contribution in [0.5, 0.6) is 0 Å². The van der Waals surface area contributed by atoms with E-state index in [0.717, 1.165) is 0 Å². The van der Waals surface area contributed by atoms with Gasteiger partial charge in [-0.1, -0.05) is 11.6 Å². The third-order valence-corrected chi connectivity index (χ3v) is 3.51. The fourth-order valence-electron chi connectivity index (χ4n) is 1.07. The van der Waals surface area contributed by atoms with Crippen LogP contribution in [0.2, 0.25) is 4.47 Å². The highest BCUT2D eigenvalue weighted by molar-refractivity contribution is 7.90. The lowest BCUT2D eigenvalue weighted by Gasteiger charge is -2.11. The molecule has 0 spiro atoms. The van der Waals surface area contributed by atoms with E-state index < -0.39 is 9.84 Å². The quantitative estimate of drug-likeness (QED) is 0.888. The summed E-state index contributed by atoms with van der Waals surface area (Å²) in [5.41, 5.74) is 0. The van der Waals surface area contributed by atoms with Gasteiger partial charge in [-0.2, -0.15) is 0 Å². The van der Waals surface area contributed by atoms with Crippen molar-refractivity contribution in [3.63, 3.8) is 0 Å². The van der Waals surface area contributed by atoms with E-state index >= 15 is 0 Å². The Morgan fingerprint density at radius 2 is 2.36 bits per heavy atom. The van der Waals surface area contributed by atoms with Crippen LogP contribution < -0.4 is 5.32 Å². The van der Waals surface area contributed by atoms with E-state index in [-0.39, 0.29) is 11.8 Å². The van der Waals surface area contributed by atoms with Gasteiger partial charge in [-0.25, -0.2) is 13.4 Å². The van der Waals surface area contributed by atoms with E-state index in [0.29, 0.717) is 10.3 Å². The normalized spacial score (nSPS) is 13.9. The largest absolute Gasteiger partial charge is 0.366 e. The van der Waals surface area contributed by atoms with Crippen molar-refractivity contribution in [2.45, 2.75) is 13.0 Å². The van der Waals surface area contributed by atoms with Gasteiger partial charge >= 0.3 is 0 Å². The topological polar surface area (TPSA) is 59.1 Å². The van der Waals surface area contributed by atoms with Crippen LogP contribution >= 0.6 is 22.9 Å². The molecule has 1 heterocycles. The lowest BCUT2D eigenvalue weighted by atomic mass is 10.4. The molecular weight excluding hydrogens is 244 g/mol. The van der Waals surface area contributed by atoms with Crippen molar-refractivity contribution in [3.05, 3.63) is 9.85 Å². The number of halogens is 1. The molecule has 1 aromatic rings. The third-order valence-electron chi connectivity index (χ3n) is 1.42. The lowest BCUT2D eigenvalue weighted by molar-refractivity contribution is 0.598. The van der Waals surface area contributed by atoms with Crippen LogP contribution in [-0.2, 0) is 9.84 Å². The molecule has 1 N–H and O–H groups in total. The molecule has 0 aliphatic rings. The van der Waals surface area contributed by atoms with E-state index in [1.54, 1.807) is 12.3 Å². The molecule has 0 radical (unpaired) electrons. The second-order valence-electron chi connectivity index (χ2n) is 3.12. The fourth-order valence-corrected chi connectivity index (χ4v) is 2.76. The Bertz CT molecular complexity index is 402. The molecule has 7 heteroatoms. The van der Waals surface area contributed by atoms with Crippen molar-refractivity contribution < 1.29 is 8.42 Å². The number of hydrogen-bond acceptors (Lipinski definition) is 5. The predicted octanol–water partition coefficient (Wildman–Crippen LogP) is 1.64. The van der Waals surface area contributed by atoms with Crippen molar-refractivity contribution in [2.75, 3.05) is 17.3 Å². The zero-order valence-electron chi connectivity index (χ0n) is 7.82. The maximum Gasteiger partial charge on any atom is 0.185 e. The van der Waals surface area contributed by atoms with Crippen molar-refractivity contribution in [2.24, 2.45) is 0 Å². The van der Waals surface area contributed by atoms with Crippen molar-refractivity contribution in [1.29, 1.82) is 0 Å². The number of hydrogen-bond donors (Lipinski definition) is 1. The van der Waals surface area contributed by atoms with E-state index in [9.17, 15) is 8.42 Å². The van der Waals surface area contributed by atoms with E-state index in [1.165, 1.54) is 17.6 Å². The minimum absolute atomic E-state index is 0.0855. The van der Waals surface area contributed by atoms with Crippen molar-refractivity contribution >= 4 is 38.6 Å². The van der Waals surface area contributed by atoms with Gasteiger partial charge in [-0.3, -0.25) is 0 Å². The van der Waals surface area contributed by atoms with E-state index in [1.807, 2.05) is 0 Å². The minimum Gasteiger partial charge on any atom is -0.366 e. The van der Waals surface area contributed by atoms with Crippen LogP contribution in [0.25, 0.3) is 0 Å². The first kappa shape index (κ1) is 11.7. The Morgan fingerprint density at radius 1 is 1.71 bits per heavy atom. The Kier molecular flexibility index (Phi) is 3.74. The number of thiazole rings is 1. The molecule has 0 saturated heterocycles. The summed E-state index contributed by atoms with van der Waals surface area (Å²) in [7, 11) is -2.96. The van der Waals surface area contributed by atoms with Crippen LogP contribution in [0.3, 0.4) is 0 Å². The van der Waals surface area contributed by atoms with Crippen LogP contribution in [0, 0.1) is 0 Å². The summed E-state index contributed by atoms with van der Waals surface area (Å²) >= 11 is 6.93. The van der Waals surface area contributed by atoms with Crippen LogP contribution in [0.1, 0.15) is 6.92 Å². The van der Waals surface area contributed by atoms with Crippen molar-refractivity contribution in [3.8, 4) is 0 Å². The smallest absolute Gasteiger partial charge is 0.185 e. The molecule has 80 valence electrons. The standard InChI is InChI=1S/C7H11ClN2O2S2/c1-5(4-14(2,11)12)9-6-3-13-7(8)10-6/h3,5,9H,4H2,1-2H3. The second-order valence-corrected chi connectivity index (χ2v) is 6.75. The first-order valence-corrected chi connectivity index (χ1v) is 7.24. The third kappa shape index (κ3) is 4.26. The molecule has 1 atom stereocenters. The molecule has 4 nitrogen and oxygen atoms in total. The molecule has 0 aromatic carbocycles. The molecule has 1 rings (SSSR count). The number of sulfone groups is 1. The van der Waals surface area contributed by atoms with E-state index in [4.69, 9.17) is 11.6 Å². The van der Waals surface area contributed by atoms with Gasteiger partial charge in [0.05, 0.1) is 5.75 Å². The van der Waals surface area contributed by atoms with Gasteiger partial charge < -0.3 is 5.32 Å². The van der Waals surface area contributed by atoms with E-state index in [2.05, 4.69) is 10.3 Å². The Morgan fingerprint density at radius 3 is 2.79 bits per heavy atom. The highest BCUT2D eigenvalue weighted by atomic mass is 35.5. The Hall–Kier alpha value is -0.330. The molecule has 0 amide bonds. The summed E-state index contributed by atoms with van der Waals surface area (Å²) in [6.45, 7) is 1.79. The number of rotatable bonds is 4. The maximum absolute atomic E-state index is 11.0. The van der Waals surface area contributed by atoms with Crippen LogP contribution in [-0.4, -0.2) is 31.5 Å². The molecule has 0 aliphatic carbocycles. The Labute approximate surface area is 92.2 Å². The molecule has 0 saturated carbocycles. The van der Waals surface area contributed by atoms with Gasteiger partial charge in [0.2, 0.25) is 0 Å². The molecular formula is C7H11ClN2O2S2. The summed E-state index contributed by atoms with van der Waals surface area (Å²) in [4.78, 5) is 3.96. The zero-order chi connectivity index (χ0) is 10.8. The monoisotopic (exact) mass is 254 g/mol. The number of aromatic nitrogens is 1. The molecule has 1 aromatic heterocycles. The highest BCUT2D eigenvalue weighted by Gasteiger charge is 2.11. The lowest BCUT2D eigenvalue weighted by Crippen LogP contribution is -2.25. The van der Waals surface area contributed by atoms with Crippen LogP contribution in [0.15, 0.2) is 5.38 Å².